The second-order valence-corrected chi connectivity index (χ2v) is 11.5. The van der Waals surface area contributed by atoms with E-state index in [2.05, 4.69) is 0 Å². The molecule has 6 nitrogen and oxygen atoms in total. The van der Waals surface area contributed by atoms with Gasteiger partial charge >= 0.3 is 0 Å². The van der Waals surface area contributed by atoms with Crippen molar-refractivity contribution in [1.82, 2.24) is 0 Å². The van der Waals surface area contributed by atoms with Crippen molar-refractivity contribution in [3.05, 3.63) is 53.8 Å². The topological polar surface area (TPSA) is 91.8 Å². The van der Waals surface area contributed by atoms with Crippen LogP contribution in [0.25, 0.3) is 0 Å². The molecule has 0 aliphatic heterocycles. The largest absolute Gasteiger partial charge is 0.387 e. The summed E-state index contributed by atoms with van der Waals surface area (Å²) in [5, 5.41) is 10.6. The van der Waals surface area contributed by atoms with Crippen LogP contribution in [0.2, 0.25) is 0 Å². The Kier molecular flexibility index (Phi) is 7.08. The minimum Gasteiger partial charge on any atom is -0.387 e. The third-order valence-corrected chi connectivity index (χ3v) is 6.57. The van der Waals surface area contributed by atoms with Crippen LogP contribution in [-0.4, -0.2) is 47.5 Å². The lowest BCUT2D eigenvalue weighted by Crippen LogP contribution is -2.33. The molecule has 0 aliphatic rings. The van der Waals surface area contributed by atoms with Gasteiger partial charge in [-0.3, -0.25) is 0 Å². The molecule has 0 heterocycles. The van der Waals surface area contributed by atoms with Gasteiger partial charge < -0.3 is 10.0 Å². The van der Waals surface area contributed by atoms with Crippen LogP contribution >= 0.6 is 0 Å². The highest BCUT2D eigenvalue weighted by Gasteiger charge is 2.24. The summed E-state index contributed by atoms with van der Waals surface area (Å²) in [5.74, 6) is -0.284. The van der Waals surface area contributed by atoms with Crippen LogP contribution in [0.4, 0.5) is 10.1 Å². The van der Waals surface area contributed by atoms with Gasteiger partial charge in [-0.05, 0) is 41.8 Å². The highest BCUT2D eigenvalue weighted by molar-refractivity contribution is 7.91. The molecule has 0 aliphatic carbocycles. The van der Waals surface area contributed by atoms with E-state index in [1.54, 1.807) is 4.90 Å². The number of aliphatic hydroxyl groups excluding tert-OH is 1. The summed E-state index contributed by atoms with van der Waals surface area (Å²) in [6, 6.07) is 9.39. The van der Waals surface area contributed by atoms with Gasteiger partial charge in [-0.2, -0.15) is 0 Å². The van der Waals surface area contributed by atoms with Crippen LogP contribution in [0.1, 0.15) is 25.5 Å². The number of rotatable bonds is 8. The number of halogens is 1. The lowest BCUT2D eigenvalue weighted by molar-refractivity contribution is 0.182. The number of hydrogen-bond acceptors (Lipinski definition) is 6. The van der Waals surface area contributed by atoms with Crippen molar-refractivity contribution >= 4 is 25.4 Å². The maximum atomic E-state index is 13.2. The molecule has 0 amide bonds. The summed E-state index contributed by atoms with van der Waals surface area (Å²) in [6.07, 6.45) is 1.04. The van der Waals surface area contributed by atoms with Gasteiger partial charge in [0.05, 0.1) is 21.6 Å². The van der Waals surface area contributed by atoms with E-state index in [-0.39, 0.29) is 22.3 Å². The van der Waals surface area contributed by atoms with Gasteiger partial charge in [0.25, 0.3) is 0 Å². The van der Waals surface area contributed by atoms with Crippen molar-refractivity contribution in [2.24, 2.45) is 5.92 Å². The molecule has 9 heteroatoms. The van der Waals surface area contributed by atoms with E-state index in [0.29, 0.717) is 17.8 Å². The van der Waals surface area contributed by atoms with Crippen LogP contribution in [0, 0.1) is 11.7 Å². The molecule has 0 radical (unpaired) electrons. The van der Waals surface area contributed by atoms with Crippen molar-refractivity contribution in [1.29, 1.82) is 0 Å². The van der Waals surface area contributed by atoms with E-state index in [9.17, 15) is 26.3 Å². The molecule has 0 spiro atoms. The molecule has 0 aromatic heterocycles. The minimum atomic E-state index is -3.74. The number of sulfone groups is 2. The highest BCUT2D eigenvalue weighted by atomic mass is 32.2. The van der Waals surface area contributed by atoms with Gasteiger partial charge in [0.2, 0.25) is 0 Å². The molecule has 29 heavy (non-hydrogen) atoms. The first-order chi connectivity index (χ1) is 13.3. The molecule has 160 valence electrons. The van der Waals surface area contributed by atoms with E-state index in [1.165, 1.54) is 36.4 Å². The summed E-state index contributed by atoms with van der Waals surface area (Å²) < 4.78 is 61.7. The minimum absolute atomic E-state index is 0.0601. The predicted molar refractivity (Wildman–Crippen MR) is 111 cm³/mol. The molecule has 0 fully saturated rings. The van der Waals surface area contributed by atoms with Crippen LogP contribution in [-0.2, 0) is 19.7 Å². The normalized spacial score (nSPS) is 13.5. The summed E-state index contributed by atoms with van der Waals surface area (Å²) in [7, 11) is -7.33. The summed E-state index contributed by atoms with van der Waals surface area (Å²) in [6.45, 7) is 4.38. The second kappa shape index (κ2) is 8.81. The Hall–Kier alpha value is -1.97. The standard InChI is InChI=1S/C20H26FNO5S2/c1-14(2)12-22(13-19(23)15-5-7-16(21)8-6-15)18-10-9-17(28(3,24)25)11-20(18)29(4,26)27/h5-11,14,19,23H,12-13H2,1-4H3. The van der Waals surface area contributed by atoms with Crippen LogP contribution in [0.15, 0.2) is 52.3 Å². The van der Waals surface area contributed by atoms with Crippen molar-refractivity contribution in [2.75, 3.05) is 30.5 Å². The lowest BCUT2D eigenvalue weighted by Gasteiger charge is -2.30. The third kappa shape index (κ3) is 6.25. The Labute approximate surface area is 171 Å². The Morgan fingerprint density at radius 1 is 0.931 bits per heavy atom. The Balaban J connectivity index is 2.52. The van der Waals surface area contributed by atoms with E-state index in [0.717, 1.165) is 18.6 Å². The zero-order chi connectivity index (χ0) is 22.0. The first-order valence-corrected chi connectivity index (χ1v) is 12.8. The van der Waals surface area contributed by atoms with E-state index in [1.807, 2.05) is 13.8 Å². The number of benzene rings is 2. The zero-order valence-electron chi connectivity index (χ0n) is 16.8. The number of aliphatic hydroxyl groups is 1. The first kappa shape index (κ1) is 23.3. The molecule has 2 aromatic rings. The van der Waals surface area contributed by atoms with Crippen molar-refractivity contribution in [3.8, 4) is 0 Å². The molecule has 0 bridgehead atoms. The van der Waals surface area contributed by atoms with Gasteiger partial charge in [-0.25, -0.2) is 21.2 Å². The monoisotopic (exact) mass is 443 g/mol. The number of nitrogens with zero attached hydrogens (tertiary/aromatic N) is 1. The SMILES string of the molecule is CC(C)CN(CC(O)c1ccc(F)cc1)c1ccc(S(C)(=O)=O)cc1S(C)(=O)=O. The number of hydrogen-bond donors (Lipinski definition) is 1. The molecule has 1 atom stereocenters. The summed E-state index contributed by atoms with van der Waals surface area (Å²) >= 11 is 0. The first-order valence-electron chi connectivity index (χ1n) is 9.01. The van der Waals surface area contributed by atoms with Gasteiger partial charge in [-0.15, -0.1) is 0 Å². The van der Waals surface area contributed by atoms with Gasteiger partial charge in [0.1, 0.15) is 5.82 Å². The number of anilines is 1. The molecule has 1 N–H and O–H groups in total. The third-order valence-electron chi connectivity index (χ3n) is 4.33. The van der Waals surface area contributed by atoms with E-state index >= 15 is 0 Å². The maximum Gasteiger partial charge on any atom is 0.177 e. The average Bonchev–Trinajstić information content (AvgIpc) is 2.59. The van der Waals surface area contributed by atoms with E-state index < -0.39 is 31.6 Å². The molecular formula is C20H26FNO5S2. The molecule has 0 saturated carbocycles. The summed E-state index contributed by atoms with van der Waals surface area (Å²) in [4.78, 5) is 1.50. The van der Waals surface area contributed by atoms with Crippen LogP contribution in [0.3, 0.4) is 0 Å². The van der Waals surface area contributed by atoms with Crippen molar-refractivity contribution in [3.63, 3.8) is 0 Å². The highest BCUT2D eigenvalue weighted by Crippen LogP contribution is 2.30. The molecule has 2 rings (SSSR count). The van der Waals surface area contributed by atoms with Crippen molar-refractivity contribution in [2.45, 2.75) is 29.7 Å². The molecule has 1 unspecified atom stereocenters. The lowest BCUT2D eigenvalue weighted by atomic mass is 10.1. The van der Waals surface area contributed by atoms with Gasteiger partial charge in [-0.1, -0.05) is 26.0 Å². The Morgan fingerprint density at radius 2 is 1.52 bits per heavy atom. The molecule has 0 saturated heterocycles. The predicted octanol–water partition coefficient (Wildman–Crippen LogP) is 2.83. The Morgan fingerprint density at radius 3 is 2.00 bits per heavy atom. The van der Waals surface area contributed by atoms with Crippen LogP contribution < -0.4 is 4.90 Å². The smallest absolute Gasteiger partial charge is 0.177 e. The fourth-order valence-corrected chi connectivity index (χ4v) is 4.63. The summed E-state index contributed by atoms with van der Waals surface area (Å²) in [5.41, 5.74) is 0.809. The second-order valence-electron chi connectivity index (χ2n) is 7.54. The Bertz CT molecular complexity index is 1060. The van der Waals surface area contributed by atoms with E-state index in [4.69, 9.17) is 0 Å². The zero-order valence-corrected chi connectivity index (χ0v) is 18.5. The van der Waals surface area contributed by atoms with Crippen LogP contribution in [0.5, 0.6) is 0 Å². The van der Waals surface area contributed by atoms with Crippen molar-refractivity contribution < 1.29 is 26.3 Å². The van der Waals surface area contributed by atoms with Gasteiger partial charge in [0, 0.05) is 25.6 Å². The molecule has 2 aromatic carbocycles. The van der Waals surface area contributed by atoms with Gasteiger partial charge in [0.15, 0.2) is 19.7 Å². The fraction of sp³-hybridized carbons (Fsp3) is 0.400. The molecular weight excluding hydrogens is 417 g/mol. The fourth-order valence-electron chi connectivity index (χ4n) is 2.99. The quantitative estimate of drug-likeness (QED) is 0.675. The maximum absolute atomic E-state index is 13.2. The average molecular weight is 444 g/mol.